The SMILES string of the molecule is COc1ccc(C(=O)Nc2ccc(CN3CCOCC3)cc2)cc1F. The number of methoxy groups -OCH3 is 1. The standard InChI is InChI=1S/C19H21FN2O3/c1-24-18-7-4-15(12-17(18)20)19(23)21-16-5-2-14(3-6-16)13-22-8-10-25-11-9-22/h2-7,12H,8-11,13H2,1H3,(H,21,23). The lowest BCUT2D eigenvalue weighted by Gasteiger charge is -2.26. The van der Waals surface area contributed by atoms with Crippen LogP contribution in [-0.4, -0.2) is 44.2 Å². The van der Waals surface area contributed by atoms with Crippen molar-refractivity contribution in [3.8, 4) is 5.75 Å². The maximum absolute atomic E-state index is 13.7. The van der Waals surface area contributed by atoms with Gasteiger partial charge in [0, 0.05) is 30.9 Å². The molecule has 0 aliphatic carbocycles. The number of hydrogen-bond acceptors (Lipinski definition) is 4. The zero-order chi connectivity index (χ0) is 17.6. The molecule has 0 spiro atoms. The largest absolute Gasteiger partial charge is 0.494 e. The molecule has 2 aromatic carbocycles. The maximum atomic E-state index is 13.7. The van der Waals surface area contributed by atoms with E-state index < -0.39 is 5.82 Å². The Morgan fingerprint density at radius 1 is 1.20 bits per heavy atom. The molecule has 6 heteroatoms. The van der Waals surface area contributed by atoms with Crippen molar-refractivity contribution in [2.75, 3.05) is 38.7 Å². The molecule has 5 nitrogen and oxygen atoms in total. The average molecular weight is 344 g/mol. The lowest BCUT2D eigenvalue weighted by molar-refractivity contribution is 0.0342. The highest BCUT2D eigenvalue weighted by molar-refractivity contribution is 6.04. The first-order chi connectivity index (χ1) is 12.2. The summed E-state index contributed by atoms with van der Waals surface area (Å²) in [5.74, 6) is -0.803. The summed E-state index contributed by atoms with van der Waals surface area (Å²) in [5.41, 5.74) is 2.10. The van der Waals surface area contributed by atoms with Crippen molar-refractivity contribution in [2.45, 2.75) is 6.54 Å². The van der Waals surface area contributed by atoms with Crippen LogP contribution in [-0.2, 0) is 11.3 Å². The van der Waals surface area contributed by atoms with Crippen LogP contribution >= 0.6 is 0 Å². The Kier molecular flexibility index (Phi) is 5.63. The fraction of sp³-hybridized carbons (Fsp3) is 0.316. The molecule has 1 N–H and O–H groups in total. The van der Waals surface area contributed by atoms with Gasteiger partial charge in [0.1, 0.15) is 0 Å². The number of rotatable bonds is 5. The van der Waals surface area contributed by atoms with Crippen LogP contribution in [0.25, 0.3) is 0 Å². The third kappa shape index (κ3) is 4.55. The van der Waals surface area contributed by atoms with Crippen molar-refractivity contribution in [1.82, 2.24) is 4.90 Å². The topological polar surface area (TPSA) is 50.8 Å². The van der Waals surface area contributed by atoms with Crippen LogP contribution < -0.4 is 10.1 Å². The van der Waals surface area contributed by atoms with Gasteiger partial charge in [0.05, 0.1) is 20.3 Å². The number of nitrogens with one attached hydrogen (secondary N) is 1. The summed E-state index contributed by atoms with van der Waals surface area (Å²) in [5, 5.41) is 2.77. The minimum Gasteiger partial charge on any atom is -0.494 e. The molecule has 1 heterocycles. The Morgan fingerprint density at radius 2 is 1.92 bits per heavy atom. The summed E-state index contributed by atoms with van der Waals surface area (Å²) in [4.78, 5) is 14.6. The average Bonchev–Trinajstić information content (AvgIpc) is 2.64. The molecule has 132 valence electrons. The van der Waals surface area contributed by atoms with Gasteiger partial charge in [-0.05, 0) is 35.9 Å². The minimum absolute atomic E-state index is 0.115. The van der Waals surface area contributed by atoms with Gasteiger partial charge in [0.25, 0.3) is 5.91 Å². The summed E-state index contributed by atoms with van der Waals surface area (Å²) in [6.07, 6.45) is 0. The second-order valence-corrected chi connectivity index (χ2v) is 5.89. The second-order valence-electron chi connectivity index (χ2n) is 5.89. The number of hydrogen-bond donors (Lipinski definition) is 1. The lowest BCUT2D eigenvalue weighted by Crippen LogP contribution is -2.35. The van der Waals surface area contributed by atoms with Crippen LogP contribution in [0.4, 0.5) is 10.1 Å². The molecule has 0 radical (unpaired) electrons. The predicted octanol–water partition coefficient (Wildman–Crippen LogP) is 2.92. The summed E-state index contributed by atoms with van der Waals surface area (Å²) in [7, 11) is 1.39. The van der Waals surface area contributed by atoms with Gasteiger partial charge in [-0.25, -0.2) is 4.39 Å². The van der Waals surface area contributed by atoms with Gasteiger partial charge in [-0.3, -0.25) is 9.69 Å². The van der Waals surface area contributed by atoms with Crippen LogP contribution in [0.1, 0.15) is 15.9 Å². The fourth-order valence-corrected chi connectivity index (χ4v) is 2.72. The van der Waals surface area contributed by atoms with Crippen LogP contribution in [0.15, 0.2) is 42.5 Å². The quantitative estimate of drug-likeness (QED) is 0.906. The van der Waals surface area contributed by atoms with Gasteiger partial charge >= 0.3 is 0 Å². The molecule has 0 atom stereocenters. The lowest BCUT2D eigenvalue weighted by atomic mass is 10.1. The summed E-state index contributed by atoms with van der Waals surface area (Å²) >= 11 is 0. The van der Waals surface area contributed by atoms with Crippen LogP contribution in [0.3, 0.4) is 0 Å². The zero-order valence-electron chi connectivity index (χ0n) is 14.1. The fourth-order valence-electron chi connectivity index (χ4n) is 2.72. The van der Waals surface area contributed by atoms with Crippen LogP contribution in [0.2, 0.25) is 0 Å². The molecule has 1 aliphatic rings. The number of morpholine rings is 1. The monoisotopic (exact) mass is 344 g/mol. The highest BCUT2D eigenvalue weighted by Gasteiger charge is 2.12. The zero-order valence-corrected chi connectivity index (χ0v) is 14.1. The Balaban J connectivity index is 1.60. The van der Waals surface area contributed by atoms with Gasteiger partial charge in [0.2, 0.25) is 0 Å². The molecular weight excluding hydrogens is 323 g/mol. The molecule has 1 amide bonds. The first kappa shape index (κ1) is 17.4. The van der Waals surface area contributed by atoms with E-state index in [-0.39, 0.29) is 17.2 Å². The second kappa shape index (κ2) is 8.09. The number of carbonyl (C=O) groups excluding carboxylic acids is 1. The highest BCUT2D eigenvalue weighted by Crippen LogP contribution is 2.19. The molecule has 0 bridgehead atoms. The van der Waals surface area contributed by atoms with Crippen molar-refractivity contribution in [3.05, 3.63) is 59.4 Å². The molecule has 0 unspecified atom stereocenters. The van der Waals surface area contributed by atoms with E-state index in [1.54, 1.807) is 0 Å². The number of halogens is 1. The molecule has 1 saturated heterocycles. The number of nitrogens with zero attached hydrogens (tertiary/aromatic N) is 1. The maximum Gasteiger partial charge on any atom is 0.255 e. The van der Waals surface area contributed by atoms with Crippen molar-refractivity contribution in [3.63, 3.8) is 0 Å². The van der Waals surface area contributed by atoms with Gasteiger partial charge in [-0.2, -0.15) is 0 Å². The summed E-state index contributed by atoms with van der Waals surface area (Å²) in [6, 6.07) is 11.8. The smallest absolute Gasteiger partial charge is 0.255 e. The van der Waals surface area contributed by atoms with Gasteiger partial charge in [0.15, 0.2) is 11.6 Å². The van der Waals surface area contributed by atoms with E-state index in [1.807, 2.05) is 24.3 Å². The first-order valence-corrected chi connectivity index (χ1v) is 8.19. The highest BCUT2D eigenvalue weighted by atomic mass is 19.1. The number of carbonyl (C=O) groups is 1. The van der Waals surface area contributed by atoms with Gasteiger partial charge in [-0.1, -0.05) is 12.1 Å². The number of benzene rings is 2. The molecule has 3 rings (SSSR count). The van der Waals surface area contributed by atoms with Crippen molar-refractivity contribution < 1.29 is 18.7 Å². The van der Waals surface area contributed by atoms with E-state index in [0.717, 1.165) is 32.8 Å². The number of anilines is 1. The molecule has 0 aromatic heterocycles. The van der Waals surface area contributed by atoms with Crippen LogP contribution in [0, 0.1) is 5.82 Å². The van der Waals surface area contributed by atoms with Crippen LogP contribution in [0.5, 0.6) is 5.75 Å². The Morgan fingerprint density at radius 3 is 2.56 bits per heavy atom. The van der Waals surface area contributed by atoms with E-state index in [9.17, 15) is 9.18 Å². The molecule has 25 heavy (non-hydrogen) atoms. The van der Waals surface area contributed by atoms with E-state index in [4.69, 9.17) is 9.47 Å². The molecule has 2 aromatic rings. The van der Waals surface area contributed by atoms with E-state index in [0.29, 0.717) is 5.69 Å². The molecule has 1 aliphatic heterocycles. The Bertz CT molecular complexity index is 728. The van der Waals surface area contributed by atoms with Gasteiger partial charge < -0.3 is 14.8 Å². The number of ether oxygens (including phenoxy) is 2. The summed E-state index contributed by atoms with van der Waals surface area (Å²) < 4.78 is 23.9. The summed E-state index contributed by atoms with van der Waals surface area (Å²) in [6.45, 7) is 4.27. The van der Waals surface area contributed by atoms with E-state index in [2.05, 4.69) is 10.2 Å². The van der Waals surface area contributed by atoms with Crippen molar-refractivity contribution in [1.29, 1.82) is 0 Å². The van der Waals surface area contributed by atoms with Crippen molar-refractivity contribution >= 4 is 11.6 Å². The minimum atomic E-state index is -0.559. The molecule has 0 saturated carbocycles. The number of amides is 1. The Labute approximate surface area is 146 Å². The molecule has 1 fully saturated rings. The third-order valence-electron chi connectivity index (χ3n) is 4.14. The predicted molar refractivity (Wildman–Crippen MR) is 93.4 cm³/mol. The molecular formula is C19H21FN2O3. The first-order valence-electron chi connectivity index (χ1n) is 8.19. The third-order valence-corrected chi connectivity index (χ3v) is 4.14. The van der Waals surface area contributed by atoms with E-state index >= 15 is 0 Å². The Hall–Kier alpha value is -2.44. The van der Waals surface area contributed by atoms with Gasteiger partial charge in [-0.15, -0.1) is 0 Å². The van der Waals surface area contributed by atoms with E-state index in [1.165, 1.54) is 30.9 Å². The van der Waals surface area contributed by atoms with Crippen molar-refractivity contribution in [2.24, 2.45) is 0 Å². The normalized spacial score (nSPS) is 15.0.